The zero-order valence-electron chi connectivity index (χ0n) is 18.8. The minimum absolute atomic E-state index is 0. The van der Waals surface area contributed by atoms with Crippen LogP contribution in [0, 0.1) is 0 Å². The summed E-state index contributed by atoms with van der Waals surface area (Å²) in [7, 11) is 0. The van der Waals surface area contributed by atoms with E-state index in [1.54, 1.807) is 4.90 Å². The number of carbonyl (C=O) groups is 2. The van der Waals surface area contributed by atoms with Crippen molar-refractivity contribution in [1.29, 1.82) is 0 Å². The number of anilines is 1. The molecule has 0 radical (unpaired) electrons. The minimum Gasteiger partial charge on any atom is -0.303 e. The van der Waals surface area contributed by atoms with Crippen molar-refractivity contribution in [3.63, 3.8) is 0 Å². The van der Waals surface area contributed by atoms with Crippen LogP contribution in [0.3, 0.4) is 0 Å². The summed E-state index contributed by atoms with van der Waals surface area (Å²) in [5.74, 6) is -0.351. The smallest absolute Gasteiger partial charge is 0.299 e. The summed E-state index contributed by atoms with van der Waals surface area (Å²) in [4.78, 5) is 31.7. The van der Waals surface area contributed by atoms with Crippen LogP contribution in [0.1, 0.15) is 47.7 Å². The number of hydrogen-bond acceptors (Lipinski definition) is 4. The molecule has 174 valence electrons. The number of piperazine rings is 1. The van der Waals surface area contributed by atoms with Crippen molar-refractivity contribution in [1.82, 2.24) is 9.80 Å². The van der Waals surface area contributed by atoms with Crippen LogP contribution in [0.4, 0.5) is 5.69 Å². The van der Waals surface area contributed by atoms with Crippen LogP contribution in [0.5, 0.6) is 0 Å². The van der Waals surface area contributed by atoms with Crippen molar-refractivity contribution in [2.24, 2.45) is 0 Å². The third-order valence-corrected chi connectivity index (χ3v) is 6.53. The van der Waals surface area contributed by atoms with E-state index in [4.69, 9.17) is 0 Å². The second-order valence-corrected chi connectivity index (χ2v) is 8.48. The zero-order valence-corrected chi connectivity index (χ0v) is 20.5. The number of carbonyl (C=O) groups excluding carboxylic acids is 2. The Morgan fingerprint density at radius 1 is 0.875 bits per heavy atom. The maximum atomic E-state index is 12.6. The highest BCUT2D eigenvalue weighted by atomic mass is 35.5. The normalized spacial score (nSPS) is 17.5. The molecule has 1 unspecified atom stereocenters. The molecule has 2 aromatic rings. The topological polar surface area (TPSA) is 43.9 Å². The SMILES string of the molecule is CCC(C)c1ccc2c(c1)C(=O)C(=O)N2CCN1CCN(Cc2ccccc2)CC1.Cl.Cl. The molecule has 4 rings (SSSR count). The van der Waals surface area contributed by atoms with E-state index in [0.717, 1.165) is 56.9 Å². The molecule has 0 aromatic heterocycles. The highest BCUT2D eigenvalue weighted by molar-refractivity contribution is 6.52. The second-order valence-electron chi connectivity index (χ2n) is 8.48. The fourth-order valence-corrected chi connectivity index (χ4v) is 4.34. The molecular formula is C25H33Cl2N3O2. The number of halogens is 2. The molecule has 2 aromatic carbocycles. The van der Waals surface area contributed by atoms with Crippen molar-refractivity contribution in [2.75, 3.05) is 44.2 Å². The minimum atomic E-state index is -0.381. The molecule has 5 nitrogen and oxygen atoms in total. The lowest BCUT2D eigenvalue weighted by atomic mass is 9.96. The van der Waals surface area contributed by atoms with Gasteiger partial charge in [-0.05, 0) is 35.6 Å². The fourth-order valence-electron chi connectivity index (χ4n) is 4.34. The van der Waals surface area contributed by atoms with Gasteiger partial charge < -0.3 is 4.90 Å². The van der Waals surface area contributed by atoms with E-state index < -0.39 is 0 Å². The van der Waals surface area contributed by atoms with Crippen LogP contribution in [0.15, 0.2) is 48.5 Å². The summed E-state index contributed by atoms with van der Waals surface area (Å²) in [5.41, 5.74) is 3.83. The Bertz CT molecular complexity index is 915. The van der Waals surface area contributed by atoms with E-state index in [1.165, 1.54) is 5.56 Å². The number of fused-ring (bicyclic) bond motifs is 1. The first-order valence-electron chi connectivity index (χ1n) is 11.1. The lowest BCUT2D eigenvalue weighted by Crippen LogP contribution is -2.48. The fraction of sp³-hybridized carbons (Fsp3) is 0.440. The Hall–Kier alpha value is -1.92. The van der Waals surface area contributed by atoms with E-state index in [0.29, 0.717) is 18.0 Å². The number of nitrogens with zero attached hydrogens (tertiary/aromatic N) is 3. The maximum Gasteiger partial charge on any atom is 0.299 e. The summed E-state index contributed by atoms with van der Waals surface area (Å²) in [6, 6.07) is 16.5. The van der Waals surface area contributed by atoms with Crippen molar-refractivity contribution in [3.8, 4) is 0 Å². The Kier molecular flexibility index (Phi) is 9.71. The third kappa shape index (κ3) is 5.70. The maximum absolute atomic E-state index is 12.6. The van der Waals surface area contributed by atoms with Crippen LogP contribution >= 0.6 is 24.8 Å². The number of ketones is 1. The molecule has 0 spiro atoms. The second kappa shape index (κ2) is 11.8. The van der Waals surface area contributed by atoms with E-state index in [-0.39, 0.29) is 36.5 Å². The van der Waals surface area contributed by atoms with E-state index in [2.05, 4.69) is 60.0 Å². The van der Waals surface area contributed by atoms with Gasteiger partial charge in [0.15, 0.2) is 0 Å². The summed E-state index contributed by atoms with van der Waals surface area (Å²) >= 11 is 0. The van der Waals surface area contributed by atoms with Crippen molar-refractivity contribution in [3.05, 3.63) is 65.2 Å². The number of rotatable bonds is 7. The van der Waals surface area contributed by atoms with Gasteiger partial charge in [-0.2, -0.15) is 0 Å². The quantitative estimate of drug-likeness (QED) is 0.554. The van der Waals surface area contributed by atoms with Gasteiger partial charge >= 0.3 is 0 Å². The average molecular weight is 478 g/mol. The number of benzene rings is 2. The molecule has 2 aliphatic rings. The first-order chi connectivity index (χ1) is 14.6. The Morgan fingerprint density at radius 2 is 1.53 bits per heavy atom. The predicted molar refractivity (Wildman–Crippen MR) is 134 cm³/mol. The lowest BCUT2D eigenvalue weighted by molar-refractivity contribution is -0.114. The molecular weight excluding hydrogens is 445 g/mol. The monoisotopic (exact) mass is 477 g/mol. The van der Waals surface area contributed by atoms with Gasteiger partial charge in [0.2, 0.25) is 0 Å². The van der Waals surface area contributed by atoms with Gasteiger partial charge in [-0.15, -0.1) is 24.8 Å². The first kappa shape index (κ1) is 26.3. The van der Waals surface area contributed by atoms with Crippen LogP contribution in [0.25, 0.3) is 0 Å². The van der Waals surface area contributed by atoms with Crippen molar-refractivity contribution in [2.45, 2.75) is 32.7 Å². The molecule has 32 heavy (non-hydrogen) atoms. The standard InChI is InChI=1S/C25H31N3O2.2ClH/c1-3-19(2)21-9-10-23-22(17-21)24(29)25(30)28(23)16-15-26-11-13-27(14-12-26)18-20-7-5-4-6-8-20;;/h4-10,17,19H,3,11-16,18H2,1-2H3;2*1H. The van der Waals surface area contributed by atoms with Crippen LogP contribution in [0.2, 0.25) is 0 Å². The number of Topliss-reactive ketones (excluding diaryl/α,β-unsaturated/α-hetero) is 1. The Morgan fingerprint density at radius 3 is 2.19 bits per heavy atom. The molecule has 1 amide bonds. The van der Waals surface area contributed by atoms with Crippen molar-refractivity contribution >= 4 is 42.2 Å². The zero-order chi connectivity index (χ0) is 21.1. The van der Waals surface area contributed by atoms with Crippen LogP contribution in [-0.2, 0) is 11.3 Å². The summed E-state index contributed by atoms with van der Waals surface area (Å²) in [6.45, 7) is 10.7. The largest absolute Gasteiger partial charge is 0.303 e. The number of hydrogen-bond donors (Lipinski definition) is 0. The van der Waals surface area contributed by atoms with Gasteiger partial charge in [0.25, 0.3) is 11.7 Å². The van der Waals surface area contributed by atoms with E-state index in [1.807, 2.05) is 12.1 Å². The van der Waals surface area contributed by atoms with Gasteiger partial charge in [0, 0.05) is 45.8 Å². The molecule has 1 atom stereocenters. The molecule has 2 aliphatic heterocycles. The highest BCUT2D eigenvalue weighted by Gasteiger charge is 2.36. The summed E-state index contributed by atoms with van der Waals surface area (Å²) in [6.07, 6.45) is 1.01. The molecule has 0 aliphatic carbocycles. The van der Waals surface area contributed by atoms with E-state index in [9.17, 15) is 9.59 Å². The van der Waals surface area contributed by atoms with Crippen LogP contribution in [-0.4, -0.2) is 60.8 Å². The molecule has 0 bridgehead atoms. The third-order valence-electron chi connectivity index (χ3n) is 6.53. The average Bonchev–Trinajstić information content (AvgIpc) is 3.03. The lowest BCUT2D eigenvalue weighted by Gasteiger charge is -2.35. The summed E-state index contributed by atoms with van der Waals surface area (Å²) < 4.78 is 0. The van der Waals surface area contributed by atoms with Gasteiger partial charge in [0.1, 0.15) is 0 Å². The van der Waals surface area contributed by atoms with Gasteiger partial charge in [-0.3, -0.25) is 19.4 Å². The van der Waals surface area contributed by atoms with Gasteiger partial charge in [0.05, 0.1) is 11.3 Å². The van der Waals surface area contributed by atoms with Crippen molar-refractivity contribution < 1.29 is 9.59 Å². The summed E-state index contributed by atoms with van der Waals surface area (Å²) in [5, 5.41) is 0. The molecule has 0 saturated carbocycles. The molecule has 0 N–H and O–H groups in total. The number of amides is 1. The Balaban J connectivity index is 0.00000181. The molecule has 1 saturated heterocycles. The predicted octanol–water partition coefficient (Wildman–Crippen LogP) is 4.39. The molecule has 1 fully saturated rings. The highest BCUT2D eigenvalue weighted by Crippen LogP contribution is 2.32. The molecule has 7 heteroatoms. The van der Waals surface area contributed by atoms with Gasteiger partial charge in [-0.1, -0.05) is 50.2 Å². The first-order valence-corrected chi connectivity index (χ1v) is 11.1. The molecule has 2 heterocycles. The van der Waals surface area contributed by atoms with Crippen LogP contribution < -0.4 is 4.90 Å². The van der Waals surface area contributed by atoms with Gasteiger partial charge in [-0.25, -0.2) is 0 Å². The van der Waals surface area contributed by atoms with E-state index >= 15 is 0 Å². The Labute approximate surface area is 203 Å².